The third kappa shape index (κ3) is 4.63. The van der Waals surface area contributed by atoms with Gasteiger partial charge < -0.3 is 4.90 Å². The lowest BCUT2D eigenvalue weighted by atomic mass is 10.1. The molecule has 150 valence electrons. The van der Waals surface area contributed by atoms with Crippen molar-refractivity contribution in [1.82, 2.24) is 4.90 Å². The number of nitrogens with zero attached hydrogens (tertiary/aromatic N) is 2. The Morgan fingerprint density at radius 2 is 1.66 bits per heavy atom. The van der Waals surface area contributed by atoms with Gasteiger partial charge in [0.1, 0.15) is 0 Å². The van der Waals surface area contributed by atoms with Crippen molar-refractivity contribution >= 4 is 57.9 Å². The van der Waals surface area contributed by atoms with Crippen LogP contribution in [0.2, 0.25) is 10.0 Å². The number of anilines is 1. The monoisotopic (exact) mass is 446 g/mol. The maximum Gasteiger partial charge on any atom is 0.293 e. The Balaban J connectivity index is 1.47. The summed E-state index contributed by atoms with van der Waals surface area (Å²) in [7, 11) is 0. The molecule has 0 spiro atoms. The van der Waals surface area contributed by atoms with E-state index in [0.717, 1.165) is 36.0 Å². The predicted octanol–water partition coefficient (Wildman–Crippen LogP) is 6.22. The van der Waals surface area contributed by atoms with Crippen molar-refractivity contribution in [3.8, 4) is 0 Å². The fourth-order valence-corrected chi connectivity index (χ4v) is 4.70. The number of benzene rings is 2. The summed E-state index contributed by atoms with van der Waals surface area (Å²) >= 11 is 12.9. The first-order chi connectivity index (χ1) is 14.0. The smallest absolute Gasteiger partial charge is 0.293 e. The highest BCUT2D eigenvalue weighted by Gasteiger charge is 2.35. The Kier molecular flexibility index (Phi) is 6.18. The number of hydrogen-bond acceptors (Lipinski definition) is 4. The summed E-state index contributed by atoms with van der Waals surface area (Å²) in [5.41, 5.74) is 2.87. The highest BCUT2D eigenvalue weighted by atomic mass is 35.5. The molecule has 2 aromatic carbocycles. The van der Waals surface area contributed by atoms with Crippen LogP contribution in [0.4, 0.5) is 10.5 Å². The van der Waals surface area contributed by atoms with Crippen molar-refractivity contribution in [3.63, 3.8) is 0 Å². The lowest BCUT2D eigenvalue weighted by Crippen LogP contribution is -2.29. The third-order valence-corrected chi connectivity index (χ3v) is 6.76. The molecule has 29 heavy (non-hydrogen) atoms. The molecular formula is C22H20Cl2N2O2S. The molecule has 4 nitrogen and oxygen atoms in total. The van der Waals surface area contributed by atoms with Gasteiger partial charge in [0.25, 0.3) is 11.1 Å². The van der Waals surface area contributed by atoms with Gasteiger partial charge in [-0.1, -0.05) is 41.4 Å². The summed E-state index contributed by atoms with van der Waals surface area (Å²) < 4.78 is 0. The van der Waals surface area contributed by atoms with Crippen molar-refractivity contribution in [2.75, 3.05) is 18.0 Å². The second-order valence-electron chi connectivity index (χ2n) is 7.16. The molecule has 4 rings (SSSR count). The van der Waals surface area contributed by atoms with Crippen LogP contribution in [0.3, 0.4) is 0 Å². The van der Waals surface area contributed by atoms with Gasteiger partial charge in [0.2, 0.25) is 0 Å². The summed E-state index contributed by atoms with van der Waals surface area (Å²) in [5, 5.41) is 0.565. The van der Waals surface area contributed by atoms with Gasteiger partial charge in [-0.15, -0.1) is 0 Å². The van der Waals surface area contributed by atoms with Crippen molar-refractivity contribution in [3.05, 3.63) is 68.5 Å². The van der Waals surface area contributed by atoms with E-state index in [0.29, 0.717) is 15.0 Å². The first kappa shape index (κ1) is 20.3. The van der Waals surface area contributed by atoms with Crippen LogP contribution in [0.1, 0.15) is 30.4 Å². The largest absolute Gasteiger partial charge is 0.372 e. The Bertz CT molecular complexity index is 969. The van der Waals surface area contributed by atoms with Gasteiger partial charge in [-0.3, -0.25) is 14.5 Å². The molecule has 7 heteroatoms. The van der Waals surface area contributed by atoms with Crippen LogP contribution < -0.4 is 4.90 Å². The lowest BCUT2D eigenvalue weighted by Gasteiger charge is -2.28. The zero-order chi connectivity index (χ0) is 20.4. The van der Waals surface area contributed by atoms with E-state index in [4.69, 9.17) is 23.2 Å². The molecule has 0 radical (unpaired) electrons. The summed E-state index contributed by atoms with van der Waals surface area (Å²) in [5.74, 6) is -0.286. The minimum atomic E-state index is -0.286. The fraction of sp³-hybridized carbons (Fsp3) is 0.273. The second-order valence-corrected chi connectivity index (χ2v) is 8.96. The van der Waals surface area contributed by atoms with E-state index in [2.05, 4.69) is 17.0 Å². The Morgan fingerprint density at radius 3 is 2.34 bits per heavy atom. The molecule has 0 saturated carbocycles. The van der Waals surface area contributed by atoms with E-state index in [-0.39, 0.29) is 17.7 Å². The summed E-state index contributed by atoms with van der Waals surface area (Å²) in [6, 6.07) is 13.3. The zero-order valence-electron chi connectivity index (χ0n) is 15.7. The molecule has 2 heterocycles. The van der Waals surface area contributed by atoms with E-state index < -0.39 is 0 Å². The predicted molar refractivity (Wildman–Crippen MR) is 120 cm³/mol. The average Bonchev–Trinajstić information content (AvgIpc) is 2.99. The molecule has 0 unspecified atom stereocenters. The SMILES string of the molecule is O=C1S/C(=C\c2ccc(N3CCCCC3)cc2)C(=O)N1Cc1ccc(Cl)c(Cl)c1. The zero-order valence-corrected chi connectivity index (χ0v) is 18.1. The van der Waals surface area contributed by atoms with Crippen LogP contribution in [-0.4, -0.2) is 29.1 Å². The minimum Gasteiger partial charge on any atom is -0.372 e. The summed E-state index contributed by atoms with van der Waals surface area (Å²) in [6.07, 6.45) is 5.54. The number of carbonyl (C=O) groups is 2. The fourth-order valence-electron chi connectivity index (χ4n) is 3.54. The maximum atomic E-state index is 12.7. The maximum absolute atomic E-state index is 12.7. The first-order valence-electron chi connectivity index (χ1n) is 9.55. The van der Waals surface area contributed by atoms with Gasteiger partial charge >= 0.3 is 0 Å². The van der Waals surface area contributed by atoms with Crippen LogP contribution in [0.25, 0.3) is 6.08 Å². The van der Waals surface area contributed by atoms with Gasteiger partial charge in [-0.25, -0.2) is 0 Å². The lowest BCUT2D eigenvalue weighted by molar-refractivity contribution is -0.123. The third-order valence-electron chi connectivity index (χ3n) is 5.11. The van der Waals surface area contributed by atoms with Gasteiger partial charge in [0, 0.05) is 18.8 Å². The Hall–Kier alpha value is -1.95. The number of imide groups is 1. The number of carbonyl (C=O) groups excluding carboxylic acids is 2. The van der Waals surface area contributed by atoms with Crippen LogP contribution in [0, 0.1) is 0 Å². The van der Waals surface area contributed by atoms with Crippen molar-refractivity contribution < 1.29 is 9.59 Å². The van der Waals surface area contributed by atoms with Crippen LogP contribution in [0.15, 0.2) is 47.4 Å². The van der Waals surface area contributed by atoms with Crippen LogP contribution in [0.5, 0.6) is 0 Å². The first-order valence-corrected chi connectivity index (χ1v) is 11.1. The molecule has 2 amide bonds. The Morgan fingerprint density at radius 1 is 0.931 bits per heavy atom. The summed E-state index contributed by atoms with van der Waals surface area (Å²) in [4.78, 5) is 29.2. The average molecular weight is 447 g/mol. The summed E-state index contributed by atoms with van der Waals surface area (Å²) in [6.45, 7) is 2.35. The van der Waals surface area contributed by atoms with Crippen LogP contribution >= 0.6 is 35.0 Å². The molecule has 0 aromatic heterocycles. The molecule has 0 aliphatic carbocycles. The van der Waals surface area contributed by atoms with Crippen molar-refractivity contribution in [1.29, 1.82) is 0 Å². The number of thioether (sulfide) groups is 1. The second kappa shape index (κ2) is 8.82. The highest BCUT2D eigenvalue weighted by Crippen LogP contribution is 2.34. The number of piperidine rings is 1. The van der Waals surface area contributed by atoms with Gasteiger partial charge in [0.05, 0.1) is 21.5 Å². The molecule has 0 N–H and O–H groups in total. The standard InChI is InChI=1S/C22H20Cl2N2O2S/c23-18-9-6-16(12-19(18)24)14-26-21(27)20(29-22(26)28)13-15-4-7-17(8-5-15)25-10-2-1-3-11-25/h4-9,12-13H,1-3,10-11,14H2/b20-13-. The van der Waals surface area contributed by atoms with Crippen molar-refractivity contribution in [2.24, 2.45) is 0 Å². The quantitative estimate of drug-likeness (QED) is 0.522. The number of hydrogen-bond donors (Lipinski definition) is 0. The highest BCUT2D eigenvalue weighted by molar-refractivity contribution is 8.18. The van der Waals surface area contributed by atoms with Gasteiger partial charge in [-0.2, -0.15) is 0 Å². The molecule has 0 atom stereocenters. The van der Waals surface area contributed by atoms with E-state index in [9.17, 15) is 9.59 Å². The molecular weight excluding hydrogens is 427 g/mol. The molecule has 2 aliphatic heterocycles. The van der Waals surface area contributed by atoms with E-state index in [1.165, 1.54) is 29.8 Å². The molecule has 2 aromatic rings. The van der Waals surface area contributed by atoms with E-state index in [1.54, 1.807) is 24.3 Å². The minimum absolute atomic E-state index is 0.173. The van der Waals surface area contributed by atoms with Gasteiger partial charge in [-0.05, 0) is 72.5 Å². The molecule has 2 fully saturated rings. The number of rotatable bonds is 4. The Labute approximate surface area is 184 Å². The molecule has 2 saturated heterocycles. The van der Waals surface area contributed by atoms with Crippen LogP contribution in [-0.2, 0) is 11.3 Å². The van der Waals surface area contributed by atoms with E-state index in [1.807, 2.05) is 12.1 Å². The normalized spacial score (nSPS) is 18.8. The van der Waals surface area contributed by atoms with Gasteiger partial charge in [0.15, 0.2) is 0 Å². The topological polar surface area (TPSA) is 40.6 Å². The number of halogens is 2. The molecule has 2 aliphatic rings. The van der Waals surface area contributed by atoms with E-state index >= 15 is 0 Å². The van der Waals surface area contributed by atoms with Crippen molar-refractivity contribution in [2.45, 2.75) is 25.8 Å². The molecule has 0 bridgehead atoms. The number of amides is 2.